The molecule has 156 valence electrons. The zero-order chi connectivity index (χ0) is 22.1. The molecule has 10 nitrogen and oxygen atoms in total. The molecule has 0 spiro atoms. The first kappa shape index (κ1) is 21.1. The van der Waals surface area contributed by atoms with E-state index in [2.05, 4.69) is 10.6 Å². The van der Waals surface area contributed by atoms with Gasteiger partial charge < -0.3 is 15.4 Å². The highest BCUT2D eigenvalue weighted by Gasteiger charge is 2.49. The number of methoxy groups -OCH3 is 1. The molecule has 4 amide bonds. The molecule has 11 heteroatoms. The van der Waals surface area contributed by atoms with Crippen LogP contribution in [0, 0.1) is 10.1 Å². The number of imide groups is 1. The fourth-order valence-corrected chi connectivity index (χ4v) is 3.18. The maximum Gasteiger partial charge on any atom is 0.325 e. The van der Waals surface area contributed by atoms with Crippen LogP contribution in [0.5, 0.6) is 5.75 Å². The molecule has 1 heterocycles. The van der Waals surface area contributed by atoms with Crippen LogP contribution in [0.25, 0.3) is 0 Å². The van der Waals surface area contributed by atoms with E-state index in [1.165, 1.54) is 26.2 Å². The summed E-state index contributed by atoms with van der Waals surface area (Å²) in [7, 11) is 1.51. The molecule has 1 aliphatic rings. The average molecular weight is 433 g/mol. The number of anilines is 1. The number of rotatable bonds is 6. The number of hydrogen-bond donors (Lipinski definition) is 2. The van der Waals surface area contributed by atoms with Crippen LogP contribution in [0.2, 0.25) is 5.02 Å². The minimum Gasteiger partial charge on any atom is -0.497 e. The van der Waals surface area contributed by atoms with Crippen LogP contribution in [0.1, 0.15) is 12.5 Å². The Labute approximate surface area is 175 Å². The Morgan fingerprint density at radius 1 is 1.27 bits per heavy atom. The van der Waals surface area contributed by atoms with Gasteiger partial charge in [-0.25, -0.2) is 4.79 Å². The molecule has 1 aliphatic heterocycles. The molecular weight excluding hydrogens is 416 g/mol. The molecule has 0 radical (unpaired) electrons. The molecule has 0 aliphatic carbocycles. The molecule has 1 atom stereocenters. The van der Waals surface area contributed by atoms with Crippen LogP contribution < -0.4 is 15.4 Å². The van der Waals surface area contributed by atoms with Gasteiger partial charge in [0, 0.05) is 12.1 Å². The van der Waals surface area contributed by atoms with Crippen LogP contribution >= 0.6 is 11.6 Å². The highest BCUT2D eigenvalue weighted by molar-refractivity contribution is 6.33. The smallest absolute Gasteiger partial charge is 0.325 e. The number of carbonyl (C=O) groups excluding carboxylic acids is 3. The SMILES string of the molecule is COc1ccc([C@@]2(C)NC(=O)N(CC(=O)Nc3cc([N+](=O)[O-])ccc3Cl)C2=O)cc1. The van der Waals surface area contributed by atoms with Gasteiger partial charge >= 0.3 is 6.03 Å². The predicted octanol–water partition coefficient (Wildman–Crippen LogP) is 2.66. The van der Waals surface area contributed by atoms with Crippen molar-refractivity contribution < 1.29 is 24.0 Å². The third-order valence-corrected chi connectivity index (χ3v) is 5.01. The number of carbonyl (C=O) groups is 3. The topological polar surface area (TPSA) is 131 Å². The normalized spacial score (nSPS) is 18.2. The molecule has 1 saturated heterocycles. The summed E-state index contributed by atoms with van der Waals surface area (Å²) in [5, 5.41) is 16.0. The second-order valence-electron chi connectivity index (χ2n) is 6.64. The van der Waals surface area contributed by atoms with Gasteiger partial charge in [0.2, 0.25) is 5.91 Å². The van der Waals surface area contributed by atoms with Crippen LogP contribution in [0.4, 0.5) is 16.2 Å². The van der Waals surface area contributed by atoms with Crippen LogP contribution in [0.15, 0.2) is 42.5 Å². The Kier molecular flexibility index (Phi) is 5.61. The molecule has 0 bridgehead atoms. The number of nitrogens with one attached hydrogen (secondary N) is 2. The number of nitro benzene ring substituents is 1. The van der Waals surface area contributed by atoms with E-state index >= 15 is 0 Å². The third kappa shape index (κ3) is 3.90. The van der Waals surface area contributed by atoms with E-state index in [-0.39, 0.29) is 16.4 Å². The summed E-state index contributed by atoms with van der Waals surface area (Å²) in [5.41, 5.74) is -1.10. The van der Waals surface area contributed by atoms with E-state index in [0.717, 1.165) is 11.0 Å². The van der Waals surface area contributed by atoms with Gasteiger partial charge in [-0.3, -0.25) is 24.6 Å². The van der Waals surface area contributed by atoms with Gasteiger partial charge in [0.15, 0.2) is 0 Å². The zero-order valence-corrected chi connectivity index (χ0v) is 16.7. The predicted molar refractivity (Wildman–Crippen MR) is 107 cm³/mol. The molecular formula is C19H17ClN4O6. The Balaban J connectivity index is 1.76. The van der Waals surface area contributed by atoms with Crippen molar-refractivity contribution in [1.29, 1.82) is 0 Å². The standard InChI is InChI=1S/C19H17ClN4O6/c1-19(11-3-6-13(30-2)7-4-11)17(26)23(18(27)22-19)10-16(25)21-15-9-12(24(28)29)5-8-14(15)20/h3-9H,10H2,1-2H3,(H,21,25)(H,22,27)/t19-/m1/s1. The van der Waals surface area contributed by atoms with Crippen molar-refractivity contribution in [3.63, 3.8) is 0 Å². The van der Waals surface area contributed by atoms with E-state index in [4.69, 9.17) is 16.3 Å². The van der Waals surface area contributed by atoms with E-state index in [0.29, 0.717) is 11.3 Å². The van der Waals surface area contributed by atoms with Crippen molar-refractivity contribution in [2.24, 2.45) is 0 Å². The monoisotopic (exact) mass is 432 g/mol. The number of benzene rings is 2. The van der Waals surface area contributed by atoms with Crippen LogP contribution in [-0.4, -0.2) is 41.3 Å². The fourth-order valence-electron chi connectivity index (χ4n) is 3.02. The summed E-state index contributed by atoms with van der Waals surface area (Å²) >= 11 is 5.96. The molecule has 1 fully saturated rings. The van der Waals surface area contributed by atoms with E-state index < -0.39 is 34.9 Å². The van der Waals surface area contributed by atoms with Gasteiger partial charge in [-0.2, -0.15) is 0 Å². The first-order valence-electron chi connectivity index (χ1n) is 8.68. The summed E-state index contributed by atoms with van der Waals surface area (Å²) in [4.78, 5) is 48.7. The maximum atomic E-state index is 12.9. The first-order chi connectivity index (χ1) is 14.2. The highest BCUT2D eigenvalue weighted by atomic mass is 35.5. The lowest BCUT2D eigenvalue weighted by molar-refractivity contribution is -0.384. The first-order valence-corrected chi connectivity index (χ1v) is 9.06. The number of non-ortho nitro benzene ring substituents is 1. The molecule has 2 N–H and O–H groups in total. The molecule has 2 aromatic rings. The number of nitrogens with zero attached hydrogens (tertiary/aromatic N) is 2. The number of amides is 4. The maximum absolute atomic E-state index is 12.9. The summed E-state index contributed by atoms with van der Waals surface area (Å²) < 4.78 is 5.09. The summed E-state index contributed by atoms with van der Waals surface area (Å²) in [6.45, 7) is 0.944. The van der Waals surface area contributed by atoms with Gasteiger partial charge in [0.1, 0.15) is 17.8 Å². The molecule has 30 heavy (non-hydrogen) atoms. The van der Waals surface area contributed by atoms with Crippen molar-refractivity contribution in [3.8, 4) is 5.75 Å². The fraction of sp³-hybridized carbons (Fsp3) is 0.211. The molecule has 0 saturated carbocycles. The van der Waals surface area contributed by atoms with Crippen LogP contribution in [0.3, 0.4) is 0 Å². The summed E-state index contributed by atoms with van der Waals surface area (Å²) in [6.07, 6.45) is 0. The van der Waals surface area contributed by atoms with Crippen molar-refractivity contribution in [1.82, 2.24) is 10.2 Å². The number of urea groups is 1. The van der Waals surface area contributed by atoms with Crippen molar-refractivity contribution in [2.75, 3.05) is 19.0 Å². The number of halogens is 1. The zero-order valence-electron chi connectivity index (χ0n) is 16.0. The quantitative estimate of drug-likeness (QED) is 0.410. The van der Waals surface area contributed by atoms with Crippen molar-refractivity contribution in [3.05, 3.63) is 63.2 Å². The second kappa shape index (κ2) is 7.99. The van der Waals surface area contributed by atoms with Gasteiger partial charge in [0.05, 0.1) is 22.7 Å². The number of nitro groups is 1. The van der Waals surface area contributed by atoms with Gasteiger partial charge in [-0.15, -0.1) is 0 Å². The highest BCUT2D eigenvalue weighted by Crippen LogP contribution is 2.30. The van der Waals surface area contributed by atoms with Gasteiger partial charge in [-0.05, 0) is 30.7 Å². The van der Waals surface area contributed by atoms with E-state index in [1.54, 1.807) is 24.3 Å². The largest absolute Gasteiger partial charge is 0.497 e. The molecule has 2 aromatic carbocycles. The van der Waals surface area contributed by atoms with Crippen LogP contribution in [-0.2, 0) is 15.1 Å². The molecule has 0 unspecified atom stereocenters. The lowest BCUT2D eigenvalue weighted by Crippen LogP contribution is -2.42. The Bertz CT molecular complexity index is 1040. The Hall–Kier alpha value is -3.66. The number of hydrogen-bond acceptors (Lipinski definition) is 6. The van der Waals surface area contributed by atoms with E-state index in [1.807, 2.05) is 0 Å². The Morgan fingerprint density at radius 2 is 1.93 bits per heavy atom. The van der Waals surface area contributed by atoms with Crippen molar-refractivity contribution >= 4 is 40.8 Å². The molecule has 0 aromatic heterocycles. The van der Waals surface area contributed by atoms with Gasteiger partial charge in [-0.1, -0.05) is 23.7 Å². The third-order valence-electron chi connectivity index (χ3n) is 4.68. The van der Waals surface area contributed by atoms with Crippen molar-refractivity contribution in [2.45, 2.75) is 12.5 Å². The lowest BCUT2D eigenvalue weighted by atomic mass is 9.92. The van der Waals surface area contributed by atoms with E-state index in [9.17, 15) is 24.5 Å². The average Bonchev–Trinajstić information content (AvgIpc) is 2.93. The lowest BCUT2D eigenvalue weighted by Gasteiger charge is -2.22. The number of ether oxygens (including phenoxy) is 1. The molecule has 3 rings (SSSR count). The Morgan fingerprint density at radius 3 is 2.53 bits per heavy atom. The van der Waals surface area contributed by atoms with Gasteiger partial charge in [0.25, 0.3) is 11.6 Å². The summed E-state index contributed by atoms with van der Waals surface area (Å²) in [6, 6.07) is 9.40. The minimum atomic E-state index is -1.35. The summed E-state index contributed by atoms with van der Waals surface area (Å²) in [5.74, 6) is -0.762. The minimum absolute atomic E-state index is 0.000775. The second-order valence-corrected chi connectivity index (χ2v) is 7.05.